The second kappa shape index (κ2) is 9.12. The molecule has 138 valence electrons. The van der Waals surface area contributed by atoms with E-state index in [-0.39, 0.29) is 22.9 Å². The van der Waals surface area contributed by atoms with Crippen LogP contribution in [0.15, 0.2) is 46.4 Å². The molecule has 0 aromatic heterocycles. The van der Waals surface area contributed by atoms with Gasteiger partial charge in [0, 0.05) is 16.6 Å². The minimum absolute atomic E-state index is 0.00173. The zero-order chi connectivity index (χ0) is 20.0. The number of thiocarbonyl (C=S) groups is 1. The van der Waals surface area contributed by atoms with Gasteiger partial charge in [-0.3, -0.25) is 10.1 Å². The average Bonchev–Trinajstić information content (AvgIpc) is 2.65. The van der Waals surface area contributed by atoms with Crippen molar-refractivity contribution in [1.82, 2.24) is 0 Å². The molecule has 2 rings (SSSR count). The summed E-state index contributed by atoms with van der Waals surface area (Å²) >= 11 is 8.26. The molecule has 0 fully saturated rings. The Morgan fingerprint density at radius 3 is 2.56 bits per heavy atom. The molecule has 0 saturated heterocycles. The Hall–Kier alpha value is -2.96. The quantitative estimate of drug-likeness (QED) is 0.223. The molecule has 0 atom stereocenters. The van der Waals surface area contributed by atoms with Gasteiger partial charge in [-0.25, -0.2) is 0 Å². The largest absolute Gasteiger partial charge is 0.493 e. The van der Waals surface area contributed by atoms with Crippen molar-refractivity contribution in [1.29, 1.82) is 5.26 Å². The van der Waals surface area contributed by atoms with Crippen molar-refractivity contribution in [3.8, 4) is 17.6 Å². The van der Waals surface area contributed by atoms with Gasteiger partial charge in [-0.15, -0.1) is 0 Å². The van der Waals surface area contributed by atoms with E-state index >= 15 is 0 Å². The maximum absolute atomic E-state index is 10.7. The number of halogens is 1. The first-order chi connectivity index (χ1) is 12.8. The third-order valence-corrected chi connectivity index (χ3v) is 4.42. The van der Waals surface area contributed by atoms with E-state index in [2.05, 4.69) is 15.9 Å². The summed E-state index contributed by atoms with van der Waals surface area (Å²) in [5.41, 5.74) is 7.12. The van der Waals surface area contributed by atoms with Gasteiger partial charge >= 0.3 is 0 Å². The highest BCUT2D eigenvalue weighted by Gasteiger charge is 2.12. The highest BCUT2D eigenvalue weighted by Crippen LogP contribution is 2.35. The Bertz CT molecular complexity index is 952. The van der Waals surface area contributed by atoms with Crippen LogP contribution in [0.2, 0.25) is 0 Å². The second-order valence-corrected chi connectivity index (χ2v) is 6.57. The maximum Gasteiger partial charge on any atom is 0.269 e. The standard InChI is InChI=1S/C18H14BrN3O4S/c1-25-16-7-12(6-13(9-20)18(21)27)15(19)8-17(16)26-10-11-2-4-14(5-3-11)22(23)24/h2-8H,10H2,1H3,(H2,21,27). The summed E-state index contributed by atoms with van der Waals surface area (Å²) in [7, 11) is 1.49. The Balaban J connectivity index is 2.25. The summed E-state index contributed by atoms with van der Waals surface area (Å²) in [5, 5.41) is 19.8. The number of nitro benzene ring substituents is 1. The topological polar surface area (TPSA) is 111 Å². The van der Waals surface area contributed by atoms with Gasteiger partial charge in [0.1, 0.15) is 17.7 Å². The SMILES string of the molecule is COc1cc(C=C(C#N)C(N)=S)c(Br)cc1OCc1ccc([N+](=O)[O-])cc1. The van der Waals surface area contributed by atoms with Gasteiger partial charge in [-0.2, -0.15) is 5.26 Å². The normalized spacial score (nSPS) is 10.8. The molecule has 0 heterocycles. The summed E-state index contributed by atoms with van der Waals surface area (Å²) in [6, 6.07) is 11.4. The summed E-state index contributed by atoms with van der Waals surface area (Å²) < 4.78 is 11.8. The van der Waals surface area contributed by atoms with Crippen molar-refractivity contribution < 1.29 is 14.4 Å². The van der Waals surface area contributed by atoms with Gasteiger partial charge in [-0.1, -0.05) is 28.1 Å². The van der Waals surface area contributed by atoms with Crippen LogP contribution in [0.25, 0.3) is 6.08 Å². The summed E-state index contributed by atoms with van der Waals surface area (Å²) in [5.74, 6) is 0.917. The smallest absolute Gasteiger partial charge is 0.269 e. The molecule has 2 aromatic carbocycles. The number of hydrogen-bond donors (Lipinski definition) is 1. The lowest BCUT2D eigenvalue weighted by Gasteiger charge is -2.13. The van der Waals surface area contributed by atoms with Gasteiger partial charge in [0.25, 0.3) is 5.69 Å². The van der Waals surface area contributed by atoms with E-state index in [9.17, 15) is 10.1 Å². The number of methoxy groups -OCH3 is 1. The van der Waals surface area contributed by atoms with Crippen molar-refractivity contribution >= 4 is 44.9 Å². The van der Waals surface area contributed by atoms with E-state index in [1.165, 1.54) is 19.2 Å². The van der Waals surface area contributed by atoms with Crippen LogP contribution in [0.1, 0.15) is 11.1 Å². The molecule has 0 unspecified atom stereocenters. The number of nitro groups is 1. The van der Waals surface area contributed by atoms with Crippen LogP contribution >= 0.6 is 28.1 Å². The van der Waals surface area contributed by atoms with Gasteiger partial charge < -0.3 is 15.2 Å². The van der Waals surface area contributed by atoms with E-state index in [1.807, 2.05) is 6.07 Å². The van der Waals surface area contributed by atoms with E-state index in [1.54, 1.807) is 30.3 Å². The molecule has 0 aliphatic carbocycles. The number of non-ortho nitro benzene ring substituents is 1. The molecule has 0 spiro atoms. The summed E-state index contributed by atoms with van der Waals surface area (Å²) in [6.45, 7) is 0.201. The van der Waals surface area contributed by atoms with Crippen LogP contribution in [0, 0.1) is 21.4 Å². The maximum atomic E-state index is 10.7. The number of ether oxygens (including phenoxy) is 2. The van der Waals surface area contributed by atoms with Crippen LogP contribution in [0.5, 0.6) is 11.5 Å². The second-order valence-electron chi connectivity index (χ2n) is 5.27. The molecular formula is C18H14BrN3O4S. The number of hydrogen-bond acceptors (Lipinski definition) is 6. The molecule has 27 heavy (non-hydrogen) atoms. The Labute approximate surface area is 169 Å². The van der Waals surface area contributed by atoms with Gasteiger partial charge in [0.05, 0.1) is 17.6 Å². The average molecular weight is 448 g/mol. The molecule has 2 aromatic rings. The zero-order valence-electron chi connectivity index (χ0n) is 14.1. The predicted molar refractivity (Wildman–Crippen MR) is 108 cm³/mol. The molecule has 0 aliphatic heterocycles. The minimum atomic E-state index is -0.459. The van der Waals surface area contributed by atoms with Crippen molar-refractivity contribution in [3.63, 3.8) is 0 Å². The predicted octanol–water partition coefficient (Wildman–Crippen LogP) is 4.14. The van der Waals surface area contributed by atoms with E-state index in [4.69, 9.17) is 32.7 Å². The first kappa shape index (κ1) is 20.4. The van der Waals surface area contributed by atoms with Gasteiger partial charge in [-0.05, 0) is 41.5 Å². The summed E-state index contributed by atoms with van der Waals surface area (Å²) in [4.78, 5) is 10.2. The van der Waals surface area contributed by atoms with Crippen LogP contribution < -0.4 is 15.2 Å². The lowest BCUT2D eigenvalue weighted by atomic mass is 10.1. The van der Waals surface area contributed by atoms with Crippen LogP contribution in [-0.2, 0) is 6.61 Å². The number of rotatable bonds is 7. The molecule has 7 nitrogen and oxygen atoms in total. The molecule has 0 amide bonds. The van der Waals surface area contributed by atoms with E-state index < -0.39 is 4.92 Å². The van der Waals surface area contributed by atoms with Gasteiger partial charge in [0.15, 0.2) is 11.5 Å². The Morgan fingerprint density at radius 1 is 1.37 bits per heavy atom. The monoisotopic (exact) mass is 447 g/mol. The Morgan fingerprint density at radius 2 is 2.04 bits per heavy atom. The van der Waals surface area contributed by atoms with Crippen molar-refractivity contribution in [2.75, 3.05) is 7.11 Å². The third kappa shape index (κ3) is 5.26. The Kier molecular flexibility index (Phi) is 6.87. The van der Waals surface area contributed by atoms with E-state index in [0.717, 1.165) is 5.56 Å². The molecule has 0 radical (unpaired) electrons. The molecule has 2 N–H and O–H groups in total. The first-order valence-corrected chi connectivity index (χ1v) is 8.71. The van der Waals surface area contributed by atoms with Crippen molar-refractivity contribution in [3.05, 3.63) is 67.7 Å². The number of benzene rings is 2. The molecule has 0 bridgehead atoms. The van der Waals surface area contributed by atoms with Crippen molar-refractivity contribution in [2.24, 2.45) is 5.73 Å². The van der Waals surface area contributed by atoms with Gasteiger partial charge in [0.2, 0.25) is 0 Å². The van der Waals surface area contributed by atoms with Crippen molar-refractivity contribution in [2.45, 2.75) is 6.61 Å². The minimum Gasteiger partial charge on any atom is -0.493 e. The third-order valence-electron chi connectivity index (χ3n) is 3.51. The fraction of sp³-hybridized carbons (Fsp3) is 0.111. The highest BCUT2D eigenvalue weighted by molar-refractivity contribution is 9.10. The number of nitrogens with zero attached hydrogens (tertiary/aromatic N) is 2. The lowest BCUT2D eigenvalue weighted by Crippen LogP contribution is -2.09. The fourth-order valence-electron chi connectivity index (χ4n) is 2.12. The molecule has 0 aliphatic rings. The van der Waals surface area contributed by atoms with Crippen LogP contribution in [-0.4, -0.2) is 17.0 Å². The zero-order valence-corrected chi connectivity index (χ0v) is 16.5. The van der Waals surface area contributed by atoms with Crippen LogP contribution in [0.3, 0.4) is 0 Å². The van der Waals surface area contributed by atoms with Crippen LogP contribution in [0.4, 0.5) is 5.69 Å². The molecular weight excluding hydrogens is 434 g/mol. The summed E-state index contributed by atoms with van der Waals surface area (Å²) in [6.07, 6.45) is 1.55. The first-order valence-electron chi connectivity index (χ1n) is 7.51. The lowest BCUT2D eigenvalue weighted by molar-refractivity contribution is -0.384. The molecule has 9 heteroatoms. The molecule has 0 saturated carbocycles. The van der Waals surface area contributed by atoms with E-state index in [0.29, 0.717) is 21.5 Å². The number of nitriles is 1. The fourth-order valence-corrected chi connectivity index (χ4v) is 2.66. The number of nitrogens with two attached hydrogens (primary N) is 1. The highest BCUT2D eigenvalue weighted by atomic mass is 79.9.